The van der Waals surface area contributed by atoms with Crippen molar-refractivity contribution < 1.29 is 12.8 Å². The first kappa shape index (κ1) is 10.8. The maximum absolute atomic E-state index is 13.2. The van der Waals surface area contributed by atoms with E-state index >= 15 is 0 Å². The molecule has 1 fully saturated rings. The number of hydrogen-bond donors (Lipinski definition) is 1. The van der Waals surface area contributed by atoms with Gasteiger partial charge in [0.1, 0.15) is 5.82 Å². The maximum atomic E-state index is 13.2. The van der Waals surface area contributed by atoms with E-state index in [2.05, 4.69) is 20.7 Å². The van der Waals surface area contributed by atoms with Crippen LogP contribution in [0, 0.1) is 5.82 Å². The molecule has 0 radical (unpaired) electrons. The van der Waals surface area contributed by atoms with Crippen LogP contribution in [0.1, 0.15) is 0 Å². The summed E-state index contributed by atoms with van der Waals surface area (Å²) in [7, 11) is -3.56. The second-order valence-corrected chi connectivity index (χ2v) is 5.72. The van der Waals surface area contributed by atoms with Gasteiger partial charge in [0.15, 0.2) is 0 Å². The van der Waals surface area contributed by atoms with Crippen LogP contribution in [0.25, 0.3) is 0 Å². The van der Waals surface area contributed by atoms with Crippen LogP contribution < -0.4 is 4.72 Å². The molecule has 1 aliphatic heterocycles. The Balaban J connectivity index is 2.27. The summed E-state index contributed by atoms with van der Waals surface area (Å²) in [5.74, 6) is -0.594. The summed E-state index contributed by atoms with van der Waals surface area (Å²) in [5, 5.41) is 0. The van der Waals surface area contributed by atoms with Gasteiger partial charge in [0, 0.05) is 17.6 Å². The standard InChI is InChI=1S/C8H8BrFN2O2S/c9-6-1-2-7(10)8(5-6)11-15(13,14)12-3-4-12/h1-2,5,11H,3-4H2. The molecular formula is C8H8BrFN2O2S. The fraction of sp³-hybridized carbons (Fsp3) is 0.250. The van der Waals surface area contributed by atoms with E-state index in [1.807, 2.05) is 0 Å². The van der Waals surface area contributed by atoms with Crippen molar-refractivity contribution in [3.05, 3.63) is 28.5 Å². The Labute approximate surface area is 95.4 Å². The van der Waals surface area contributed by atoms with Crippen molar-refractivity contribution in [3.63, 3.8) is 0 Å². The van der Waals surface area contributed by atoms with Crippen LogP contribution >= 0.6 is 15.9 Å². The smallest absolute Gasteiger partial charge is 0.268 e. The van der Waals surface area contributed by atoms with Crippen LogP contribution in [-0.2, 0) is 10.2 Å². The van der Waals surface area contributed by atoms with Gasteiger partial charge in [-0.2, -0.15) is 12.7 Å². The lowest BCUT2D eigenvalue weighted by Crippen LogP contribution is -2.21. The zero-order valence-corrected chi connectivity index (χ0v) is 9.98. The number of rotatable bonds is 3. The lowest BCUT2D eigenvalue weighted by molar-refractivity contribution is 0.567. The van der Waals surface area contributed by atoms with Gasteiger partial charge in [-0.25, -0.2) is 4.39 Å². The summed E-state index contributed by atoms with van der Waals surface area (Å²) in [5.41, 5.74) is -0.0451. The average molecular weight is 295 g/mol. The summed E-state index contributed by atoms with van der Waals surface area (Å²) in [4.78, 5) is 0. The van der Waals surface area contributed by atoms with Crippen molar-refractivity contribution in [1.82, 2.24) is 4.31 Å². The molecule has 1 heterocycles. The first-order valence-corrected chi connectivity index (χ1v) is 6.45. The normalized spacial score (nSPS) is 16.4. The molecule has 1 N–H and O–H groups in total. The number of benzene rings is 1. The Kier molecular flexibility index (Phi) is 2.70. The molecule has 1 aliphatic rings. The molecule has 0 amide bonds. The molecule has 0 aliphatic carbocycles. The highest BCUT2D eigenvalue weighted by Gasteiger charge is 2.32. The van der Waals surface area contributed by atoms with Crippen molar-refractivity contribution in [2.75, 3.05) is 17.8 Å². The van der Waals surface area contributed by atoms with Gasteiger partial charge in [-0.1, -0.05) is 15.9 Å². The molecule has 0 atom stereocenters. The molecule has 0 bridgehead atoms. The molecule has 1 saturated heterocycles. The molecule has 7 heteroatoms. The van der Waals surface area contributed by atoms with Gasteiger partial charge in [0.2, 0.25) is 0 Å². The van der Waals surface area contributed by atoms with Crippen LogP contribution in [0.2, 0.25) is 0 Å². The van der Waals surface area contributed by atoms with E-state index in [0.717, 1.165) is 0 Å². The third-order valence-electron chi connectivity index (χ3n) is 1.91. The van der Waals surface area contributed by atoms with Crippen molar-refractivity contribution in [2.45, 2.75) is 0 Å². The second-order valence-electron chi connectivity index (χ2n) is 3.13. The number of halogens is 2. The van der Waals surface area contributed by atoms with Crippen LogP contribution in [0.3, 0.4) is 0 Å². The van der Waals surface area contributed by atoms with Gasteiger partial charge in [-0.05, 0) is 18.2 Å². The van der Waals surface area contributed by atoms with E-state index in [1.54, 1.807) is 0 Å². The lowest BCUT2D eigenvalue weighted by Gasteiger charge is -2.08. The quantitative estimate of drug-likeness (QED) is 0.860. The molecule has 0 saturated carbocycles. The minimum atomic E-state index is -3.56. The highest BCUT2D eigenvalue weighted by molar-refractivity contribution is 9.10. The summed E-state index contributed by atoms with van der Waals surface area (Å²) < 4.78 is 40.2. The third kappa shape index (κ3) is 2.47. The van der Waals surface area contributed by atoms with Crippen molar-refractivity contribution in [1.29, 1.82) is 0 Å². The van der Waals surface area contributed by atoms with Gasteiger partial charge in [0.05, 0.1) is 5.69 Å². The van der Waals surface area contributed by atoms with E-state index in [1.165, 1.54) is 22.5 Å². The molecule has 15 heavy (non-hydrogen) atoms. The SMILES string of the molecule is O=S(=O)(Nc1cc(Br)ccc1F)N1CC1. The molecule has 2 rings (SSSR count). The van der Waals surface area contributed by atoms with Crippen molar-refractivity contribution in [2.24, 2.45) is 0 Å². The topological polar surface area (TPSA) is 49.2 Å². The summed E-state index contributed by atoms with van der Waals surface area (Å²) in [6.07, 6.45) is 0. The highest BCUT2D eigenvalue weighted by atomic mass is 79.9. The Hall–Kier alpha value is -0.660. The van der Waals surface area contributed by atoms with Gasteiger partial charge < -0.3 is 0 Å². The Morgan fingerprint density at radius 3 is 2.67 bits per heavy atom. The van der Waals surface area contributed by atoms with E-state index < -0.39 is 16.0 Å². The van der Waals surface area contributed by atoms with Gasteiger partial charge in [0.25, 0.3) is 0 Å². The summed E-state index contributed by atoms with van der Waals surface area (Å²) in [6, 6.07) is 4.09. The molecule has 1 aromatic rings. The molecule has 0 aromatic heterocycles. The van der Waals surface area contributed by atoms with Gasteiger partial charge >= 0.3 is 10.2 Å². The van der Waals surface area contributed by atoms with E-state index in [-0.39, 0.29) is 5.69 Å². The van der Waals surface area contributed by atoms with Crippen LogP contribution in [0.15, 0.2) is 22.7 Å². The van der Waals surface area contributed by atoms with Gasteiger partial charge in [-0.3, -0.25) is 4.72 Å². The fourth-order valence-corrected chi connectivity index (χ4v) is 2.55. The van der Waals surface area contributed by atoms with Crippen molar-refractivity contribution >= 4 is 31.8 Å². The number of nitrogens with one attached hydrogen (secondary N) is 1. The third-order valence-corrected chi connectivity index (χ3v) is 3.93. The van der Waals surface area contributed by atoms with E-state index in [0.29, 0.717) is 17.6 Å². The highest BCUT2D eigenvalue weighted by Crippen LogP contribution is 2.23. The molecule has 4 nitrogen and oxygen atoms in total. The Morgan fingerprint density at radius 1 is 1.40 bits per heavy atom. The van der Waals surface area contributed by atoms with Crippen LogP contribution in [-0.4, -0.2) is 25.8 Å². The van der Waals surface area contributed by atoms with Crippen LogP contribution in [0.5, 0.6) is 0 Å². The summed E-state index contributed by atoms with van der Waals surface area (Å²) in [6.45, 7) is 0.982. The predicted molar refractivity (Wildman–Crippen MR) is 58.2 cm³/mol. The lowest BCUT2D eigenvalue weighted by atomic mass is 10.3. The largest absolute Gasteiger partial charge is 0.301 e. The average Bonchev–Trinajstić information content (AvgIpc) is 2.93. The zero-order valence-electron chi connectivity index (χ0n) is 7.57. The number of nitrogens with zero attached hydrogens (tertiary/aromatic N) is 1. The Morgan fingerprint density at radius 2 is 2.07 bits per heavy atom. The fourth-order valence-electron chi connectivity index (χ4n) is 1.06. The minimum absolute atomic E-state index is 0.0451. The Bertz CT molecular complexity index is 487. The molecule has 0 spiro atoms. The summed E-state index contributed by atoms with van der Waals surface area (Å²) >= 11 is 3.14. The molecule has 0 unspecified atom stereocenters. The predicted octanol–water partition coefficient (Wildman–Crippen LogP) is 1.56. The molecular weight excluding hydrogens is 287 g/mol. The van der Waals surface area contributed by atoms with Crippen molar-refractivity contribution in [3.8, 4) is 0 Å². The minimum Gasteiger partial charge on any atom is -0.268 e. The first-order valence-electron chi connectivity index (χ1n) is 4.22. The molecule has 82 valence electrons. The monoisotopic (exact) mass is 294 g/mol. The zero-order chi connectivity index (χ0) is 11.1. The number of anilines is 1. The first-order chi connectivity index (χ1) is 6.99. The van der Waals surface area contributed by atoms with Gasteiger partial charge in [-0.15, -0.1) is 0 Å². The maximum Gasteiger partial charge on any atom is 0.301 e. The van der Waals surface area contributed by atoms with E-state index in [4.69, 9.17) is 0 Å². The van der Waals surface area contributed by atoms with E-state index in [9.17, 15) is 12.8 Å². The molecule has 1 aromatic carbocycles. The second kappa shape index (κ2) is 3.73. The number of hydrogen-bond acceptors (Lipinski definition) is 2. The van der Waals surface area contributed by atoms with Crippen LogP contribution in [0.4, 0.5) is 10.1 Å².